The van der Waals surface area contributed by atoms with Gasteiger partial charge in [-0.05, 0) is 62.1 Å². The van der Waals surface area contributed by atoms with Gasteiger partial charge in [-0.25, -0.2) is 0 Å². The molecule has 2 saturated heterocycles. The van der Waals surface area contributed by atoms with E-state index >= 15 is 0 Å². The fourth-order valence-electron chi connectivity index (χ4n) is 5.08. The minimum absolute atomic E-state index is 0.111. The normalized spacial score (nSPS) is 23.9. The molecule has 148 valence electrons. The largest absolute Gasteiger partial charge is 0.486 e. The Morgan fingerprint density at radius 2 is 1.68 bits per heavy atom. The number of para-hydroxylation sites is 2. The highest BCUT2D eigenvalue weighted by molar-refractivity contribution is 6.30. The van der Waals surface area contributed by atoms with E-state index in [0.29, 0.717) is 12.1 Å². The zero-order valence-corrected chi connectivity index (χ0v) is 16.9. The third-order valence-electron chi connectivity index (χ3n) is 6.55. The number of likely N-dealkylation sites (tertiary alicyclic amines) is 1. The lowest BCUT2D eigenvalue weighted by molar-refractivity contribution is 0.0450. The van der Waals surface area contributed by atoms with Gasteiger partial charge in [0.1, 0.15) is 12.7 Å². The second-order valence-electron chi connectivity index (χ2n) is 8.25. The Morgan fingerprint density at radius 3 is 2.46 bits per heavy atom. The molecule has 1 unspecified atom stereocenters. The van der Waals surface area contributed by atoms with Crippen LogP contribution in [0.1, 0.15) is 25.7 Å². The SMILES string of the molecule is Clc1ccc(N2CCCC23CCN(CC2COc4ccccc4O2)CC3)cc1. The number of halogens is 1. The number of rotatable bonds is 3. The van der Waals surface area contributed by atoms with Crippen molar-refractivity contribution in [3.8, 4) is 11.5 Å². The van der Waals surface area contributed by atoms with Gasteiger partial charge >= 0.3 is 0 Å². The van der Waals surface area contributed by atoms with Gasteiger partial charge in [-0.1, -0.05) is 23.7 Å². The number of ether oxygens (including phenoxy) is 2. The maximum Gasteiger partial charge on any atom is 0.161 e. The molecule has 5 heteroatoms. The molecule has 0 radical (unpaired) electrons. The molecule has 0 aliphatic carbocycles. The Labute approximate surface area is 172 Å². The van der Waals surface area contributed by atoms with Crippen LogP contribution in [0.3, 0.4) is 0 Å². The topological polar surface area (TPSA) is 24.9 Å². The summed E-state index contributed by atoms with van der Waals surface area (Å²) in [4.78, 5) is 5.18. The van der Waals surface area contributed by atoms with Crippen LogP contribution in [0, 0.1) is 0 Å². The molecule has 5 rings (SSSR count). The number of hydrogen-bond acceptors (Lipinski definition) is 4. The number of benzene rings is 2. The zero-order valence-electron chi connectivity index (χ0n) is 16.1. The first-order valence-corrected chi connectivity index (χ1v) is 10.7. The van der Waals surface area contributed by atoms with E-state index in [0.717, 1.165) is 42.7 Å². The van der Waals surface area contributed by atoms with Crippen molar-refractivity contribution < 1.29 is 9.47 Å². The number of nitrogens with zero attached hydrogens (tertiary/aromatic N) is 2. The molecule has 3 aliphatic heterocycles. The van der Waals surface area contributed by atoms with E-state index in [2.05, 4.69) is 21.9 Å². The maximum atomic E-state index is 6.16. The van der Waals surface area contributed by atoms with Crippen LogP contribution >= 0.6 is 11.6 Å². The standard InChI is InChI=1S/C23H27ClN2O2/c24-18-6-8-19(9-7-18)26-13-3-10-23(26)11-14-25(15-12-23)16-20-17-27-21-4-1-2-5-22(21)28-20/h1-2,4-9,20H,3,10-17H2. The third kappa shape index (κ3) is 3.44. The Morgan fingerprint density at radius 1 is 0.929 bits per heavy atom. The van der Waals surface area contributed by atoms with E-state index in [4.69, 9.17) is 21.1 Å². The van der Waals surface area contributed by atoms with Crippen molar-refractivity contribution in [3.63, 3.8) is 0 Å². The molecule has 2 aromatic rings. The molecular weight excluding hydrogens is 372 g/mol. The predicted molar refractivity (Wildman–Crippen MR) is 113 cm³/mol. The van der Waals surface area contributed by atoms with Crippen molar-refractivity contribution in [1.29, 1.82) is 0 Å². The maximum absolute atomic E-state index is 6.16. The molecule has 3 heterocycles. The van der Waals surface area contributed by atoms with Crippen molar-refractivity contribution in [1.82, 2.24) is 4.90 Å². The smallest absolute Gasteiger partial charge is 0.161 e. The van der Waals surface area contributed by atoms with Gasteiger partial charge in [0.05, 0.1) is 0 Å². The van der Waals surface area contributed by atoms with Gasteiger partial charge in [-0.3, -0.25) is 4.90 Å². The first-order chi connectivity index (χ1) is 13.7. The molecule has 4 nitrogen and oxygen atoms in total. The van der Waals surface area contributed by atoms with E-state index in [-0.39, 0.29) is 6.10 Å². The summed E-state index contributed by atoms with van der Waals surface area (Å²) < 4.78 is 12.0. The summed E-state index contributed by atoms with van der Waals surface area (Å²) in [5.74, 6) is 1.73. The van der Waals surface area contributed by atoms with Crippen LogP contribution in [0.15, 0.2) is 48.5 Å². The molecule has 2 aromatic carbocycles. The molecule has 1 atom stereocenters. The predicted octanol–water partition coefficient (Wildman–Crippen LogP) is 4.61. The molecule has 1 spiro atoms. The Kier molecular flexibility index (Phi) is 4.85. The van der Waals surface area contributed by atoms with Crippen LogP contribution in [0.2, 0.25) is 5.02 Å². The second kappa shape index (κ2) is 7.49. The van der Waals surface area contributed by atoms with Crippen LogP contribution in [0.4, 0.5) is 5.69 Å². The fraction of sp³-hybridized carbons (Fsp3) is 0.478. The van der Waals surface area contributed by atoms with Gasteiger partial charge in [0.25, 0.3) is 0 Å². The molecule has 0 aromatic heterocycles. The molecule has 2 fully saturated rings. The van der Waals surface area contributed by atoms with Crippen molar-refractivity contribution >= 4 is 17.3 Å². The summed E-state index contributed by atoms with van der Waals surface area (Å²) in [6, 6.07) is 16.3. The van der Waals surface area contributed by atoms with Crippen molar-refractivity contribution in [2.24, 2.45) is 0 Å². The van der Waals surface area contributed by atoms with E-state index < -0.39 is 0 Å². The van der Waals surface area contributed by atoms with Gasteiger partial charge in [-0.2, -0.15) is 0 Å². The van der Waals surface area contributed by atoms with Gasteiger partial charge in [0.2, 0.25) is 0 Å². The highest BCUT2D eigenvalue weighted by Gasteiger charge is 2.43. The number of hydrogen-bond donors (Lipinski definition) is 0. The molecule has 0 bridgehead atoms. The molecule has 28 heavy (non-hydrogen) atoms. The van der Waals surface area contributed by atoms with Crippen molar-refractivity contribution in [2.45, 2.75) is 37.3 Å². The average Bonchev–Trinajstić information content (AvgIpc) is 3.13. The van der Waals surface area contributed by atoms with Crippen molar-refractivity contribution in [3.05, 3.63) is 53.6 Å². The summed E-state index contributed by atoms with van der Waals surface area (Å²) in [7, 11) is 0. The van der Waals surface area contributed by atoms with E-state index in [1.54, 1.807) is 0 Å². The van der Waals surface area contributed by atoms with Gasteiger partial charge in [0, 0.05) is 42.4 Å². The molecule has 0 saturated carbocycles. The van der Waals surface area contributed by atoms with Gasteiger partial charge in [-0.15, -0.1) is 0 Å². The number of piperidine rings is 1. The Balaban J connectivity index is 1.21. The second-order valence-corrected chi connectivity index (χ2v) is 8.69. The molecule has 0 amide bonds. The summed E-state index contributed by atoms with van der Waals surface area (Å²) >= 11 is 6.09. The lowest BCUT2D eigenvalue weighted by atomic mass is 9.84. The minimum atomic E-state index is 0.111. The number of fused-ring (bicyclic) bond motifs is 1. The van der Waals surface area contributed by atoms with Crippen LogP contribution in [0.25, 0.3) is 0 Å². The first-order valence-electron chi connectivity index (χ1n) is 10.4. The quantitative estimate of drug-likeness (QED) is 0.753. The summed E-state index contributed by atoms with van der Waals surface area (Å²) in [6.07, 6.45) is 5.10. The minimum Gasteiger partial charge on any atom is -0.486 e. The zero-order chi connectivity index (χ0) is 19.0. The highest BCUT2D eigenvalue weighted by atomic mass is 35.5. The third-order valence-corrected chi connectivity index (χ3v) is 6.80. The highest BCUT2D eigenvalue weighted by Crippen LogP contribution is 2.42. The monoisotopic (exact) mass is 398 g/mol. The summed E-state index contributed by atoms with van der Waals surface area (Å²) in [5, 5.41) is 0.808. The lowest BCUT2D eigenvalue weighted by Gasteiger charge is -2.46. The Bertz CT molecular complexity index is 818. The van der Waals surface area contributed by atoms with Gasteiger partial charge < -0.3 is 14.4 Å². The number of anilines is 1. The average molecular weight is 399 g/mol. The molecule has 0 N–H and O–H groups in total. The van der Waals surface area contributed by atoms with Crippen molar-refractivity contribution in [2.75, 3.05) is 37.7 Å². The molecular formula is C23H27ClN2O2. The van der Waals surface area contributed by atoms with Crippen LogP contribution in [-0.2, 0) is 0 Å². The first kappa shape index (κ1) is 18.1. The van der Waals surface area contributed by atoms with E-state index in [1.807, 2.05) is 36.4 Å². The Hall–Kier alpha value is -1.91. The molecule has 3 aliphatic rings. The van der Waals surface area contributed by atoms with Crippen LogP contribution in [0.5, 0.6) is 11.5 Å². The van der Waals surface area contributed by atoms with Crippen LogP contribution in [-0.4, -0.2) is 49.3 Å². The fourth-order valence-corrected chi connectivity index (χ4v) is 5.20. The van der Waals surface area contributed by atoms with Gasteiger partial charge in [0.15, 0.2) is 11.5 Å². The van der Waals surface area contributed by atoms with Crippen LogP contribution < -0.4 is 14.4 Å². The lowest BCUT2D eigenvalue weighted by Crippen LogP contribution is -2.54. The van der Waals surface area contributed by atoms with E-state index in [1.165, 1.54) is 31.4 Å². The summed E-state index contributed by atoms with van der Waals surface area (Å²) in [6.45, 7) is 4.95. The summed E-state index contributed by atoms with van der Waals surface area (Å²) in [5.41, 5.74) is 1.62. The van der Waals surface area contributed by atoms with E-state index in [9.17, 15) is 0 Å².